The monoisotopic (exact) mass is 351 g/mol. The van der Waals surface area contributed by atoms with E-state index in [9.17, 15) is 14.4 Å². The topological polar surface area (TPSA) is 90.9 Å². The zero-order valence-corrected chi connectivity index (χ0v) is 15.2. The van der Waals surface area contributed by atoms with Crippen LogP contribution in [0.1, 0.15) is 40.2 Å². The highest BCUT2D eigenvalue weighted by Gasteiger charge is 2.27. The van der Waals surface area contributed by atoms with Crippen molar-refractivity contribution in [2.75, 3.05) is 0 Å². The Morgan fingerprint density at radius 3 is 2.20 bits per heavy atom. The van der Waals surface area contributed by atoms with E-state index in [1.165, 1.54) is 13.8 Å². The first-order valence-corrected chi connectivity index (χ1v) is 7.99. The Labute approximate surface area is 147 Å². The summed E-state index contributed by atoms with van der Waals surface area (Å²) in [7, 11) is 0. The Morgan fingerprint density at radius 2 is 1.64 bits per heavy atom. The Bertz CT molecular complexity index is 593. The molecular weight excluding hydrogens is 326 g/mol. The summed E-state index contributed by atoms with van der Waals surface area (Å²) in [6.07, 6.45) is -1.82. The van der Waals surface area contributed by atoms with Crippen LogP contribution >= 0.6 is 0 Å². The van der Waals surface area contributed by atoms with E-state index in [0.29, 0.717) is 0 Å². The second-order valence-electron chi connectivity index (χ2n) is 6.54. The Balaban J connectivity index is 2.40. The van der Waals surface area contributed by atoms with Crippen molar-refractivity contribution in [2.45, 2.75) is 59.0 Å². The average molecular weight is 351 g/mol. The van der Waals surface area contributed by atoms with Gasteiger partial charge in [0, 0.05) is 0 Å². The number of rotatable bonds is 6. The molecule has 0 radical (unpaired) electrons. The Morgan fingerprint density at radius 1 is 1.04 bits per heavy atom. The van der Waals surface area contributed by atoms with Gasteiger partial charge in [0.15, 0.2) is 6.10 Å². The summed E-state index contributed by atoms with van der Waals surface area (Å²) in [6.45, 7) is 8.08. The van der Waals surface area contributed by atoms with Crippen LogP contribution in [0.5, 0.6) is 0 Å². The van der Waals surface area contributed by atoms with E-state index in [0.717, 1.165) is 5.56 Å². The maximum Gasteiger partial charge on any atom is 0.408 e. The van der Waals surface area contributed by atoms with Crippen molar-refractivity contribution in [1.82, 2.24) is 5.32 Å². The largest absolute Gasteiger partial charge is 0.457 e. The average Bonchev–Trinajstić information content (AvgIpc) is 2.52. The fourth-order valence-corrected chi connectivity index (χ4v) is 1.71. The van der Waals surface area contributed by atoms with Crippen LogP contribution in [0.15, 0.2) is 30.3 Å². The van der Waals surface area contributed by atoms with Gasteiger partial charge in [0.05, 0.1) is 0 Å². The van der Waals surface area contributed by atoms with E-state index >= 15 is 0 Å². The lowest BCUT2D eigenvalue weighted by Crippen LogP contribution is -2.42. The molecular formula is C18H25NO6. The van der Waals surface area contributed by atoms with E-state index in [2.05, 4.69) is 5.32 Å². The molecule has 0 heterocycles. The molecule has 0 aliphatic carbocycles. The lowest BCUT2D eigenvalue weighted by Gasteiger charge is -2.23. The third-order valence-corrected chi connectivity index (χ3v) is 2.93. The van der Waals surface area contributed by atoms with Crippen molar-refractivity contribution in [2.24, 2.45) is 0 Å². The molecule has 0 unspecified atom stereocenters. The van der Waals surface area contributed by atoms with Crippen LogP contribution in [0.3, 0.4) is 0 Å². The van der Waals surface area contributed by atoms with E-state index in [1.54, 1.807) is 20.8 Å². The normalized spacial score (nSPS) is 13.3. The minimum absolute atomic E-state index is 0.0861. The molecule has 1 rings (SSSR count). The van der Waals surface area contributed by atoms with Gasteiger partial charge in [-0.1, -0.05) is 30.3 Å². The third kappa shape index (κ3) is 8.19. The number of nitrogens with one attached hydrogen (secondary N) is 1. The van der Waals surface area contributed by atoms with Crippen molar-refractivity contribution in [1.29, 1.82) is 0 Å². The van der Waals surface area contributed by atoms with Crippen molar-refractivity contribution in [3.63, 3.8) is 0 Å². The van der Waals surface area contributed by atoms with E-state index in [-0.39, 0.29) is 6.61 Å². The number of carbonyl (C=O) groups is 3. The molecule has 2 atom stereocenters. The highest BCUT2D eigenvalue weighted by atomic mass is 16.6. The fourth-order valence-electron chi connectivity index (χ4n) is 1.71. The predicted octanol–water partition coefficient (Wildman–Crippen LogP) is 2.57. The number of benzene rings is 1. The zero-order valence-electron chi connectivity index (χ0n) is 15.2. The molecule has 0 spiro atoms. The molecule has 0 saturated heterocycles. The van der Waals surface area contributed by atoms with Crippen LogP contribution in [0.2, 0.25) is 0 Å². The van der Waals surface area contributed by atoms with Gasteiger partial charge in [-0.25, -0.2) is 14.4 Å². The first-order chi connectivity index (χ1) is 11.6. The highest BCUT2D eigenvalue weighted by molar-refractivity contribution is 5.84. The number of hydrogen-bond acceptors (Lipinski definition) is 6. The van der Waals surface area contributed by atoms with Crippen LogP contribution in [-0.2, 0) is 30.4 Å². The number of alkyl carbamates (subject to hydrolysis) is 1. The molecule has 0 aromatic heterocycles. The van der Waals surface area contributed by atoms with Crippen molar-refractivity contribution in [3.05, 3.63) is 35.9 Å². The van der Waals surface area contributed by atoms with Crippen LogP contribution in [0.4, 0.5) is 4.79 Å². The molecule has 7 heteroatoms. The summed E-state index contributed by atoms with van der Waals surface area (Å²) in [5.41, 5.74) is 0.148. The first kappa shape index (κ1) is 20.5. The standard InChI is InChI=1S/C18H25NO6/c1-12(15(20)24-13(2)16(21)25-18(3,4)5)19-17(22)23-11-14-9-7-6-8-10-14/h6-10,12-13H,11H2,1-5H3,(H,19,22)/t12-,13-/m1/s1. The van der Waals surface area contributed by atoms with E-state index < -0.39 is 35.8 Å². The maximum atomic E-state index is 11.9. The molecule has 1 aromatic rings. The molecule has 0 aliphatic rings. The number of carbonyl (C=O) groups excluding carboxylic acids is 3. The first-order valence-electron chi connectivity index (χ1n) is 7.99. The molecule has 0 saturated carbocycles. The van der Waals surface area contributed by atoms with E-state index in [1.807, 2.05) is 30.3 Å². The molecule has 0 fully saturated rings. The lowest BCUT2D eigenvalue weighted by atomic mass is 10.2. The van der Waals surface area contributed by atoms with Crippen LogP contribution in [0.25, 0.3) is 0 Å². The Kier molecular flexibility index (Phi) is 7.42. The summed E-state index contributed by atoms with van der Waals surface area (Å²) < 4.78 is 15.1. The van der Waals surface area contributed by atoms with Crippen molar-refractivity contribution in [3.8, 4) is 0 Å². The predicted molar refractivity (Wildman–Crippen MR) is 90.6 cm³/mol. The molecule has 1 N–H and O–H groups in total. The van der Waals surface area contributed by atoms with Gasteiger partial charge < -0.3 is 19.5 Å². The minimum atomic E-state index is -1.07. The van der Waals surface area contributed by atoms with Gasteiger partial charge in [-0.15, -0.1) is 0 Å². The number of hydrogen-bond donors (Lipinski definition) is 1. The molecule has 138 valence electrons. The van der Waals surface area contributed by atoms with Gasteiger partial charge >= 0.3 is 18.0 Å². The highest BCUT2D eigenvalue weighted by Crippen LogP contribution is 2.10. The summed E-state index contributed by atoms with van der Waals surface area (Å²) in [6, 6.07) is 8.17. The number of amides is 1. The number of esters is 2. The zero-order chi connectivity index (χ0) is 19.0. The quantitative estimate of drug-likeness (QED) is 0.626. The van der Waals surface area contributed by atoms with Gasteiger partial charge in [0.1, 0.15) is 18.2 Å². The summed E-state index contributed by atoms with van der Waals surface area (Å²) >= 11 is 0. The summed E-state index contributed by atoms with van der Waals surface area (Å²) in [5.74, 6) is -1.41. The molecule has 0 bridgehead atoms. The van der Waals surface area contributed by atoms with Gasteiger partial charge in [-0.3, -0.25) is 0 Å². The van der Waals surface area contributed by atoms with Gasteiger partial charge in [0.25, 0.3) is 0 Å². The lowest BCUT2D eigenvalue weighted by molar-refractivity contribution is -0.175. The minimum Gasteiger partial charge on any atom is -0.457 e. The van der Waals surface area contributed by atoms with E-state index in [4.69, 9.17) is 14.2 Å². The number of ether oxygens (including phenoxy) is 3. The van der Waals surface area contributed by atoms with Gasteiger partial charge in [0.2, 0.25) is 0 Å². The smallest absolute Gasteiger partial charge is 0.408 e. The van der Waals surface area contributed by atoms with Gasteiger partial charge in [-0.2, -0.15) is 0 Å². The fraction of sp³-hybridized carbons (Fsp3) is 0.500. The van der Waals surface area contributed by atoms with Crippen LogP contribution in [0, 0.1) is 0 Å². The van der Waals surface area contributed by atoms with Crippen molar-refractivity contribution < 1.29 is 28.6 Å². The molecule has 1 aromatic carbocycles. The summed E-state index contributed by atoms with van der Waals surface area (Å²) in [4.78, 5) is 35.4. The van der Waals surface area contributed by atoms with Crippen molar-refractivity contribution >= 4 is 18.0 Å². The third-order valence-electron chi connectivity index (χ3n) is 2.93. The van der Waals surface area contributed by atoms with Gasteiger partial charge in [-0.05, 0) is 40.2 Å². The van der Waals surface area contributed by atoms with Crippen LogP contribution < -0.4 is 5.32 Å². The SMILES string of the molecule is C[C@@H](NC(=O)OCc1ccccc1)C(=O)O[C@H](C)C(=O)OC(C)(C)C. The second-order valence-corrected chi connectivity index (χ2v) is 6.54. The Hall–Kier alpha value is -2.57. The molecule has 7 nitrogen and oxygen atoms in total. The molecule has 0 aliphatic heterocycles. The molecule has 25 heavy (non-hydrogen) atoms. The maximum absolute atomic E-state index is 11.9. The second kappa shape index (κ2) is 9.05. The summed E-state index contributed by atoms with van der Waals surface area (Å²) in [5, 5.41) is 2.35. The molecule has 1 amide bonds. The van der Waals surface area contributed by atoms with Crippen LogP contribution in [-0.4, -0.2) is 35.8 Å².